The molecule has 0 atom stereocenters. The first-order valence-corrected chi connectivity index (χ1v) is 4.60. The summed E-state index contributed by atoms with van der Waals surface area (Å²) in [6.07, 6.45) is 5.52. The van der Waals surface area contributed by atoms with Crippen LogP contribution >= 0.6 is 0 Å². The molecule has 4 nitrogen and oxygen atoms in total. The Labute approximate surface area is 82.9 Å². The molecule has 4 heteroatoms. The molecular weight excluding hydrogens is 180 g/mol. The zero-order valence-corrected chi connectivity index (χ0v) is 7.93. The molecule has 0 aliphatic heterocycles. The first-order valence-electron chi connectivity index (χ1n) is 4.60. The van der Waals surface area contributed by atoms with E-state index in [4.69, 9.17) is 10.3 Å². The van der Waals surface area contributed by atoms with Crippen LogP contribution in [0.15, 0.2) is 23.5 Å². The van der Waals surface area contributed by atoms with Crippen LogP contribution in [0.25, 0.3) is 0 Å². The number of unbranched alkanes of at least 4 members (excludes halogenated alkanes) is 1. The van der Waals surface area contributed by atoms with Crippen molar-refractivity contribution < 1.29 is 10.3 Å². The second-order valence-electron chi connectivity index (χ2n) is 2.97. The quantitative estimate of drug-likeness (QED) is 0.320. The number of oxime groups is 1. The summed E-state index contributed by atoms with van der Waals surface area (Å²) >= 11 is 0. The molecule has 0 aliphatic carbocycles. The van der Waals surface area contributed by atoms with E-state index in [1.807, 2.05) is 12.1 Å². The smallest absolute Gasteiger partial charge is 0.0920 e. The van der Waals surface area contributed by atoms with Crippen LogP contribution < -0.4 is 0 Å². The van der Waals surface area contributed by atoms with Crippen molar-refractivity contribution in [3.63, 3.8) is 0 Å². The fourth-order valence-electron chi connectivity index (χ4n) is 1.26. The fourth-order valence-corrected chi connectivity index (χ4v) is 1.26. The van der Waals surface area contributed by atoms with Crippen LogP contribution in [0.1, 0.15) is 24.1 Å². The Bertz CT molecular complexity index is 300. The second kappa shape index (κ2) is 6.10. The van der Waals surface area contributed by atoms with Gasteiger partial charge >= 0.3 is 0 Å². The van der Waals surface area contributed by atoms with Gasteiger partial charge in [-0.3, -0.25) is 4.98 Å². The molecule has 0 aromatic carbocycles. The van der Waals surface area contributed by atoms with Crippen LogP contribution in [0, 0.1) is 0 Å². The molecule has 0 aliphatic rings. The van der Waals surface area contributed by atoms with Gasteiger partial charge in [0, 0.05) is 12.8 Å². The summed E-state index contributed by atoms with van der Waals surface area (Å²) in [6.45, 7) is 0.212. The molecule has 1 rings (SSSR count). The standard InChI is InChI=1S/C10H14N2O2/c13-7-2-1-4-9-5-3-6-11-10(9)8-12-14/h3,5-6,8,13-14H,1-2,4,7H2. The highest BCUT2D eigenvalue weighted by molar-refractivity contribution is 5.78. The maximum Gasteiger partial charge on any atom is 0.0920 e. The van der Waals surface area contributed by atoms with E-state index in [0.29, 0.717) is 5.69 Å². The summed E-state index contributed by atoms with van der Waals surface area (Å²) in [5.74, 6) is 0. The molecule has 0 unspecified atom stereocenters. The third kappa shape index (κ3) is 3.14. The van der Waals surface area contributed by atoms with E-state index in [0.717, 1.165) is 24.8 Å². The molecule has 2 N–H and O–H groups in total. The van der Waals surface area contributed by atoms with Gasteiger partial charge in [-0.15, -0.1) is 0 Å². The number of aromatic nitrogens is 1. The Morgan fingerprint density at radius 1 is 1.43 bits per heavy atom. The van der Waals surface area contributed by atoms with E-state index in [1.165, 1.54) is 6.21 Å². The van der Waals surface area contributed by atoms with Gasteiger partial charge in [-0.1, -0.05) is 11.2 Å². The Kier molecular flexibility index (Phi) is 4.64. The van der Waals surface area contributed by atoms with E-state index in [1.54, 1.807) is 6.20 Å². The van der Waals surface area contributed by atoms with Crippen molar-refractivity contribution in [3.05, 3.63) is 29.6 Å². The Balaban J connectivity index is 2.64. The molecule has 0 amide bonds. The summed E-state index contributed by atoms with van der Waals surface area (Å²) < 4.78 is 0. The highest BCUT2D eigenvalue weighted by atomic mass is 16.4. The fraction of sp³-hybridized carbons (Fsp3) is 0.400. The van der Waals surface area contributed by atoms with Gasteiger partial charge in [-0.05, 0) is 30.9 Å². The van der Waals surface area contributed by atoms with Gasteiger partial charge in [-0.25, -0.2) is 0 Å². The van der Waals surface area contributed by atoms with Crippen LogP contribution in [0.5, 0.6) is 0 Å². The third-order valence-electron chi connectivity index (χ3n) is 1.96. The lowest BCUT2D eigenvalue weighted by Crippen LogP contribution is -1.97. The van der Waals surface area contributed by atoms with Crippen LogP contribution in [0.4, 0.5) is 0 Å². The van der Waals surface area contributed by atoms with Crippen molar-refractivity contribution in [2.75, 3.05) is 6.61 Å². The van der Waals surface area contributed by atoms with E-state index >= 15 is 0 Å². The lowest BCUT2D eigenvalue weighted by atomic mass is 10.1. The summed E-state index contributed by atoms with van der Waals surface area (Å²) in [4.78, 5) is 4.08. The Morgan fingerprint density at radius 2 is 2.29 bits per heavy atom. The number of aryl methyl sites for hydroxylation is 1. The molecule has 0 fully saturated rings. The number of aliphatic hydroxyl groups excluding tert-OH is 1. The Morgan fingerprint density at radius 3 is 3.00 bits per heavy atom. The van der Waals surface area contributed by atoms with Crippen molar-refractivity contribution >= 4 is 6.21 Å². The predicted octanol–water partition coefficient (Wildman–Crippen LogP) is 1.20. The highest BCUT2D eigenvalue weighted by Crippen LogP contribution is 2.07. The van der Waals surface area contributed by atoms with Gasteiger partial charge in [0.2, 0.25) is 0 Å². The van der Waals surface area contributed by atoms with Gasteiger partial charge in [0.25, 0.3) is 0 Å². The van der Waals surface area contributed by atoms with E-state index in [-0.39, 0.29) is 6.61 Å². The minimum absolute atomic E-state index is 0.212. The van der Waals surface area contributed by atoms with Gasteiger partial charge < -0.3 is 10.3 Å². The van der Waals surface area contributed by atoms with Crippen molar-refractivity contribution in [2.24, 2.45) is 5.16 Å². The van der Waals surface area contributed by atoms with Crippen LogP contribution in [-0.2, 0) is 6.42 Å². The molecule has 0 saturated carbocycles. The number of pyridine rings is 1. The molecule has 1 heterocycles. The van der Waals surface area contributed by atoms with Gasteiger partial charge in [-0.2, -0.15) is 0 Å². The zero-order valence-electron chi connectivity index (χ0n) is 7.93. The molecule has 0 saturated heterocycles. The van der Waals surface area contributed by atoms with E-state index in [2.05, 4.69) is 10.1 Å². The number of rotatable bonds is 5. The molecule has 0 spiro atoms. The monoisotopic (exact) mass is 194 g/mol. The average Bonchev–Trinajstić information content (AvgIpc) is 2.21. The largest absolute Gasteiger partial charge is 0.411 e. The maximum atomic E-state index is 8.63. The summed E-state index contributed by atoms with van der Waals surface area (Å²) in [6, 6.07) is 3.80. The van der Waals surface area contributed by atoms with Crippen LogP contribution in [-0.4, -0.2) is 28.1 Å². The van der Waals surface area contributed by atoms with Crippen molar-refractivity contribution in [1.29, 1.82) is 0 Å². The third-order valence-corrected chi connectivity index (χ3v) is 1.96. The molecule has 14 heavy (non-hydrogen) atoms. The molecule has 0 bridgehead atoms. The van der Waals surface area contributed by atoms with Crippen molar-refractivity contribution in [2.45, 2.75) is 19.3 Å². The number of hydrogen-bond acceptors (Lipinski definition) is 4. The van der Waals surface area contributed by atoms with Crippen molar-refractivity contribution in [3.8, 4) is 0 Å². The second-order valence-corrected chi connectivity index (χ2v) is 2.97. The van der Waals surface area contributed by atoms with Gasteiger partial charge in [0.15, 0.2) is 0 Å². The molecule has 76 valence electrons. The minimum atomic E-state index is 0.212. The lowest BCUT2D eigenvalue weighted by Gasteiger charge is -2.02. The number of hydrogen-bond donors (Lipinski definition) is 2. The summed E-state index contributed by atoms with van der Waals surface area (Å²) in [5.41, 5.74) is 1.73. The van der Waals surface area contributed by atoms with E-state index < -0.39 is 0 Å². The molecule has 1 aromatic rings. The number of aliphatic hydroxyl groups is 1. The van der Waals surface area contributed by atoms with Crippen LogP contribution in [0.3, 0.4) is 0 Å². The molecular formula is C10H14N2O2. The number of nitrogens with zero attached hydrogens (tertiary/aromatic N) is 2. The molecule has 0 radical (unpaired) electrons. The van der Waals surface area contributed by atoms with Gasteiger partial charge in [0.05, 0.1) is 11.9 Å². The van der Waals surface area contributed by atoms with Crippen molar-refractivity contribution in [1.82, 2.24) is 4.98 Å². The Hall–Kier alpha value is -1.42. The molecule has 1 aromatic heterocycles. The van der Waals surface area contributed by atoms with Crippen LogP contribution in [0.2, 0.25) is 0 Å². The SMILES string of the molecule is OCCCCc1cccnc1C=NO. The summed E-state index contributed by atoms with van der Waals surface area (Å²) in [7, 11) is 0. The van der Waals surface area contributed by atoms with Gasteiger partial charge in [0.1, 0.15) is 0 Å². The average molecular weight is 194 g/mol. The predicted molar refractivity (Wildman–Crippen MR) is 53.6 cm³/mol. The highest BCUT2D eigenvalue weighted by Gasteiger charge is 2.00. The topological polar surface area (TPSA) is 65.7 Å². The lowest BCUT2D eigenvalue weighted by molar-refractivity contribution is 0.284. The summed E-state index contributed by atoms with van der Waals surface area (Å²) in [5, 5.41) is 20.0. The minimum Gasteiger partial charge on any atom is -0.411 e. The van der Waals surface area contributed by atoms with E-state index in [9.17, 15) is 0 Å². The zero-order chi connectivity index (χ0) is 10.2. The first-order chi connectivity index (χ1) is 6.88. The maximum absolute atomic E-state index is 8.63. The first kappa shape index (κ1) is 10.7. The normalized spacial score (nSPS) is 10.9.